The average molecular weight is 415 g/mol. The molecule has 0 rings (SSSR count). The summed E-state index contributed by atoms with van der Waals surface area (Å²) in [6.07, 6.45) is 17.3. The van der Waals surface area contributed by atoms with Crippen LogP contribution in [0.3, 0.4) is 0 Å². The van der Waals surface area contributed by atoms with Gasteiger partial charge in [-0.1, -0.05) is 77.0 Å². The van der Waals surface area contributed by atoms with Crippen molar-refractivity contribution in [3.63, 3.8) is 0 Å². The SMILES string of the molecule is N[C@@H](CCNC(=O)CCCCCCCCCCCCCCCCC(=O)O)C(=O)O. The molecule has 0 heterocycles. The highest BCUT2D eigenvalue weighted by molar-refractivity contribution is 5.76. The summed E-state index contributed by atoms with van der Waals surface area (Å²) in [6, 6.07) is -0.911. The largest absolute Gasteiger partial charge is 0.481 e. The lowest BCUT2D eigenvalue weighted by atomic mass is 10.0. The quantitative estimate of drug-likeness (QED) is 0.208. The Kier molecular flexibility index (Phi) is 18.6. The van der Waals surface area contributed by atoms with Gasteiger partial charge in [0.15, 0.2) is 0 Å². The Hall–Kier alpha value is -1.63. The van der Waals surface area contributed by atoms with Crippen molar-refractivity contribution in [2.24, 2.45) is 5.73 Å². The van der Waals surface area contributed by atoms with Crippen LogP contribution in [-0.2, 0) is 14.4 Å². The number of carboxylic acid groups (broad SMARTS) is 2. The fourth-order valence-corrected chi connectivity index (χ4v) is 3.26. The fourth-order valence-electron chi connectivity index (χ4n) is 3.26. The summed E-state index contributed by atoms with van der Waals surface area (Å²) in [5, 5.41) is 19.9. The van der Waals surface area contributed by atoms with Crippen molar-refractivity contribution < 1.29 is 24.6 Å². The third-order valence-electron chi connectivity index (χ3n) is 5.14. The normalized spacial score (nSPS) is 11.9. The summed E-state index contributed by atoms with van der Waals surface area (Å²) in [5.41, 5.74) is 5.38. The zero-order valence-corrected chi connectivity index (χ0v) is 18.0. The second-order valence-electron chi connectivity index (χ2n) is 7.93. The van der Waals surface area contributed by atoms with E-state index in [1.807, 2.05) is 0 Å². The highest BCUT2D eigenvalue weighted by atomic mass is 16.4. The molecular weight excluding hydrogens is 372 g/mol. The van der Waals surface area contributed by atoms with Crippen molar-refractivity contribution in [3.8, 4) is 0 Å². The maximum absolute atomic E-state index is 11.6. The molecule has 0 bridgehead atoms. The van der Waals surface area contributed by atoms with Crippen molar-refractivity contribution in [1.82, 2.24) is 5.32 Å². The van der Waals surface area contributed by atoms with Crippen LogP contribution in [0.25, 0.3) is 0 Å². The molecule has 5 N–H and O–H groups in total. The molecule has 0 unspecified atom stereocenters. The van der Waals surface area contributed by atoms with Crippen molar-refractivity contribution in [2.75, 3.05) is 6.54 Å². The van der Waals surface area contributed by atoms with E-state index < -0.39 is 18.0 Å². The minimum Gasteiger partial charge on any atom is -0.481 e. The number of hydrogen-bond acceptors (Lipinski definition) is 4. The van der Waals surface area contributed by atoms with E-state index in [-0.39, 0.29) is 12.3 Å². The molecule has 0 aliphatic heterocycles. The van der Waals surface area contributed by atoms with Crippen LogP contribution < -0.4 is 11.1 Å². The molecule has 0 aromatic heterocycles. The lowest BCUT2D eigenvalue weighted by Gasteiger charge is -2.08. The highest BCUT2D eigenvalue weighted by Crippen LogP contribution is 2.13. The molecule has 0 aliphatic carbocycles. The van der Waals surface area contributed by atoms with E-state index in [9.17, 15) is 14.4 Å². The standard InChI is InChI=1S/C22H42N2O5/c23-19(22(28)29)17-18-24-20(25)15-13-11-9-7-5-3-1-2-4-6-8-10-12-14-16-21(26)27/h19H,1-18,23H2,(H,24,25)(H,26,27)(H,28,29)/t19-/m0/s1. The van der Waals surface area contributed by atoms with Gasteiger partial charge in [0.05, 0.1) is 0 Å². The van der Waals surface area contributed by atoms with E-state index >= 15 is 0 Å². The summed E-state index contributed by atoms with van der Waals surface area (Å²) in [5.74, 6) is -1.75. The second-order valence-corrected chi connectivity index (χ2v) is 7.93. The monoisotopic (exact) mass is 414 g/mol. The summed E-state index contributed by atoms with van der Waals surface area (Å²) < 4.78 is 0. The molecule has 0 fully saturated rings. The van der Waals surface area contributed by atoms with E-state index in [1.54, 1.807) is 0 Å². The predicted molar refractivity (Wildman–Crippen MR) is 115 cm³/mol. The molecular formula is C22H42N2O5. The van der Waals surface area contributed by atoms with Crippen LogP contribution in [0, 0.1) is 0 Å². The zero-order valence-electron chi connectivity index (χ0n) is 18.0. The third-order valence-corrected chi connectivity index (χ3v) is 5.14. The number of unbranched alkanes of at least 4 members (excludes halogenated alkanes) is 13. The Balaban J connectivity index is 3.21. The third kappa shape index (κ3) is 20.9. The van der Waals surface area contributed by atoms with Gasteiger partial charge in [0.25, 0.3) is 0 Å². The molecule has 170 valence electrons. The molecule has 0 radical (unpaired) electrons. The number of carboxylic acids is 2. The van der Waals surface area contributed by atoms with E-state index in [1.165, 1.54) is 51.4 Å². The van der Waals surface area contributed by atoms with Gasteiger partial charge in [0.2, 0.25) is 5.91 Å². The number of rotatable bonds is 21. The van der Waals surface area contributed by atoms with Gasteiger partial charge in [-0.15, -0.1) is 0 Å². The van der Waals surface area contributed by atoms with Gasteiger partial charge in [0.1, 0.15) is 6.04 Å². The predicted octanol–water partition coefficient (Wildman–Crippen LogP) is 4.23. The number of carbonyl (C=O) groups is 3. The molecule has 0 aromatic carbocycles. The van der Waals surface area contributed by atoms with E-state index in [4.69, 9.17) is 15.9 Å². The highest BCUT2D eigenvalue weighted by Gasteiger charge is 2.11. The van der Waals surface area contributed by atoms with Crippen LogP contribution >= 0.6 is 0 Å². The Morgan fingerprint density at radius 2 is 1.03 bits per heavy atom. The molecule has 7 heteroatoms. The number of amides is 1. The molecule has 0 saturated carbocycles. The average Bonchev–Trinajstić information content (AvgIpc) is 2.67. The Morgan fingerprint density at radius 1 is 0.655 bits per heavy atom. The molecule has 0 aliphatic rings. The van der Waals surface area contributed by atoms with Gasteiger partial charge in [-0.2, -0.15) is 0 Å². The van der Waals surface area contributed by atoms with Gasteiger partial charge in [-0.3, -0.25) is 14.4 Å². The second kappa shape index (κ2) is 19.7. The van der Waals surface area contributed by atoms with E-state index in [0.29, 0.717) is 19.4 Å². The molecule has 0 saturated heterocycles. The number of aliphatic carboxylic acids is 2. The van der Waals surface area contributed by atoms with Gasteiger partial charge < -0.3 is 21.3 Å². The number of nitrogens with two attached hydrogens (primary N) is 1. The summed E-state index contributed by atoms with van der Waals surface area (Å²) >= 11 is 0. The summed E-state index contributed by atoms with van der Waals surface area (Å²) in [7, 11) is 0. The van der Waals surface area contributed by atoms with Gasteiger partial charge in [-0.05, 0) is 19.3 Å². The zero-order chi connectivity index (χ0) is 21.7. The molecule has 0 spiro atoms. The minimum atomic E-state index is -1.04. The summed E-state index contributed by atoms with van der Waals surface area (Å²) in [4.78, 5) is 32.6. The lowest BCUT2D eigenvalue weighted by Crippen LogP contribution is -2.35. The Bertz CT molecular complexity index is 443. The first-order valence-electron chi connectivity index (χ1n) is 11.4. The lowest BCUT2D eigenvalue weighted by molar-refractivity contribution is -0.139. The van der Waals surface area contributed by atoms with Gasteiger partial charge in [-0.25, -0.2) is 0 Å². The van der Waals surface area contributed by atoms with Crippen LogP contribution in [0.15, 0.2) is 0 Å². The fraction of sp³-hybridized carbons (Fsp3) is 0.864. The molecule has 1 atom stereocenters. The van der Waals surface area contributed by atoms with Crippen molar-refractivity contribution in [1.29, 1.82) is 0 Å². The first-order valence-corrected chi connectivity index (χ1v) is 11.4. The van der Waals surface area contributed by atoms with Crippen LogP contribution in [0.1, 0.15) is 109 Å². The smallest absolute Gasteiger partial charge is 0.320 e. The molecule has 29 heavy (non-hydrogen) atoms. The first-order chi connectivity index (χ1) is 13.9. The van der Waals surface area contributed by atoms with Crippen molar-refractivity contribution in [2.45, 2.75) is 115 Å². The minimum absolute atomic E-state index is 0.0236. The van der Waals surface area contributed by atoms with Gasteiger partial charge >= 0.3 is 11.9 Å². The molecule has 0 aromatic rings. The number of nitrogens with one attached hydrogen (secondary N) is 1. The number of hydrogen-bond donors (Lipinski definition) is 4. The maximum atomic E-state index is 11.6. The Morgan fingerprint density at radius 3 is 1.41 bits per heavy atom. The first kappa shape index (κ1) is 27.4. The van der Waals surface area contributed by atoms with Gasteiger partial charge in [0, 0.05) is 19.4 Å². The van der Waals surface area contributed by atoms with Crippen LogP contribution in [0.2, 0.25) is 0 Å². The van der Waals surface area contributed by atoms with Crippen LogP contribution in [0.4, 0.5) is 0 Å². The van der Waals surface area contributed by atoms with Crippen LogP contribution in [-0.4, -0.2) is 40.6 Å². The van der Waals surface area contributed by atoms with E-state index in [2.05, 4.69) is 5.32 Å². The van der Waals surface area contributed by atoms with Crippen LogP contribution in [0.5, 0.6) is 0 Å². The topological polar surface area (TPSA) is 130 Å². The van der Waals surface area contributed by atoms with Crippen molar-refractivity contribution >= 4 is 17.8 Å². The maximum Gasteiger partial charge on any atom is 0.320 e. The van der Waals surface area contributed by atoms with Crippen molar-refractivity contribution in [3.05, 3.63) is 0 Å². The molecule has 7 nitrogen and oxygen atoms in total. The molecule has 1 amide bonds. The van der Waals surface area contributed by atoms with E-state index in [0.717, 1.165) is 38.5 Å². The summed E-state index contributed by atoms with van der Waals surface area (Å²) in [6.45, 7) is 0.316. The number of carbonyl (C=O) groups excluding carboxylic acids is 1. The Labute approximate surface area is 175 Å².